The highest BCUT2D eigenvalue weighted by atomic mass is 16.6. The smallest absolute Gasteiger partial charge is 0.352 e. The zero-order valence-corrected chi connectivity index (χ0v) is 14.2. The van der Waals surface area contributed by atoms with Crippen molar-refractivity contribution in [2.45, 2.75) is 52.3 Å². The number of esters is 4. The quantitative estimate of drug-likeness (QED) is 0.171. The van der Waals surface area contributed by atoms with Gasteiger partial charge in [-0.2, -0.15) is 0 Å². The van der Waals surface area contributed by atoms with Gasteiger partial charge in [-0.05, 0) is 6.92 Å². The first-order valence-electron chi connectivity index (χ1n) is 9.71. The van der Waals surface area contributed by atoms with E-state index in [1.54, 1.807) is 0 Å². The molecule has 0 amide bonds. The van der Waals surface area contributed by atoms with Gasteiger partial charge in [0.2, 0.25) is 5.60 Å². The van der Waals surface area contributed by atoms with Crippen molar-refractivity contribution in [3.63, 3.8) is 0 Å². The molecular weight excluding hydrogens is 370 g/mol. The maximum atomic E-state index is 11.9. The molecule has 0 bridgehead atoms. The Labute approximate surface area is 159 Å². The number of carboxylic acids is 1. The molecule has 0 aliphatic rings. The second kappa shape index (κ2) is 10.1. The van der Waals surface area contributed by atoms with E-state index in [0.717, 1.165) is 6.92 Å². The lowest BCUT2D eigenvalue weighted by Crippen LogP contribution is -2.60. The van der Waals surface area contributed by atoms with E-state index in [-0.39, 0.29) is 0 Å². The standard InChI is InChI=1S/C15H21NO11/c1-7(17)24-6-11(16-23)12(25-8(2)18)13(26-9(3)19)15(5,14(21)22)27-10(4)20/h12-13,23H,6H2,1-5H3,(H,21,22)/t12-,13+,15-/m1/s1/i1D,2D,3D,4D. The first kappa shape index (κ1) is 17.2. The molecule has 0 aliphatic heterocycles. The highest BCUT2D eigenvalue weighted by molar-refractivity contribution is 5.94. The van der Waals surface area contributed by atoms with Gasteiger partial charge in [0.25, 0.3) is 0 Å². The van der Waals surface area contributed by atoms with Crippen molar-refractivity contribution < 1.29 is 58.7 Å². The fourth-order valence-electron chi connectivity index (χ4n) is 1.83. The molecule has 0 fully saturated rings. The summed E-state index contributed by atoms with van der Waals surface area (Å²) >= 11 is 0. The van der Waals surface area contributed by atoms with Crippen LogP contribution in [0.2, 0.25) is 0 Å². The number of carbonyl (C=O) groups excluding carboxylic acids is 4. The number of carbonyl (C=O) groups is 5. The van der Waals surface area contributed by atoms with Crippen molar-refractivity contribution in [2.75, 3.05) is 6.61 Å². The summed E-state index contributed by atoms with van der Waals surface area (Å²) in [6, 6.07) is 0. The summed E-state index contributed by atoms with van der Waals surface area (Å²) in [5, 5.41) is 21.6. The van der Waals surface area contributed by atoms with E-state index in [4.69, 9.17) is 19.7 Å². The van der Waals surface area contributed by atoms with Gasteiger partial charge >= 0.3 is 29.8 Å². The molecule has 0 radical (unpaired) electrons. The molecule has 0 heterocycles. The number of aliphatic carboxylic acids is 1. The Kier molecular flexibility index (Phi) is 6.44. The van der Waals surface area contributed by atoms with Gasteiger partial charge in [-0.15, -0.1) is 0 Å². The van der Waals surface area contributed by atoms with Crippen molar-refractivity contribution in [3.05, 3.63) is 0 Å². The third-order valence-electron chi connectivity index (χ3n) is 2.92. The van der Waals surface area contributed by atoms with Crippen molar-refractivity contribution in [1.29, 1.82) is 0 Å². The van der Waals surface area contributed by atoms with E-state index in [0.29, 0.717) is 0 Å². The number of hydrogen-bond acceptors (Lipinski definition) is 11. The first-order chi connectivity index (χ1) is 14.5. The number of hydrogen-bond donors (Lipinski definition) is 2. The molecule has 2 N–H and O–H groups in total. The van der Waals surface area contributed by atoms with Crippen molar-refractivity contribution in [1.82, 2.24) is 0 Å². The first-order valence-corrected chi connectivity index (χ1v) is 6.88. The number of nitrogens with zero attached hydrogens (tertiary/aromatic N) is 1. The molecule has 3 atom stereocenters. The molecule has 0 saturated heterocycles. The minimum atomic E-state index is -2.84. The Morgan fingerprint density at radius 3 is 2.04 bits per heavy atom. The Balaban J connectivity index is 6.50. The van der Waals surface area contributed by atoms with E-state index < -0.39 is 87.6 Å². The molecule has 0 aliphatic carbocycles. The molecule has 0 aromatic heterocycles. The second-order valence-corrected chi connectivity index (χ2v) is 4.96. The number of oxime groups is 1. The van der Waals surface area contributed by atoms with Gasteiger partial charge in [-0.25, -0.2) is 4.79 Å². The van der Waals surface area contributed by atoms with Crippen LogP contribution in [0, 0.1) is 0 Å². The zero-order chi connectivity index (χ0) is 24.2. The lowest BCUT2D eigenvalue weighted by atomic mass is 9.91. The van der Waals surface area contributed by atoms with Crippen molar-refractivity contribution >= 4 is 35.6 Å². The van der Waals surface area contributed by atoms with Gasteiger partial charge < -0.3 is 29.3 Å². The average Bonchev–Trinajstić information content (AvgIpc) is 2.75. The Morgan fingerprint density at radius 1 is 1.00 bits per heavy atom. The zero-order valence-electron chi connectivity index (χ0n) is 18.2. The van der Waals surface area contributed by atoms with Crippen LogP contribution in [0.25, 0.3) is 0 Å². The summed E-state index contributed by atoms with van der Waals surface area (Å²) in [4.78, 5) is 58.3. The van der Waals surface area contributed by atoms with E-state index in [9.17, 15) is 34.3 Å². The van der Waals surface area contributed by atoms with Gasteiger partial charge in [-0.1, -0.05) is 5.16 Å². The number of carboxylic acid groups (broad SMARTS) is 1. The second-order valence-electron chi connectivity index (χ2n) is 4.96. The average molecular weight is 395 g/mol. The third-order valence-corrected chi connectivity index (χ3v) is 2.92. The third kappa shape index (κ3) is 7.30. The minimum Gasteiger partial charge on any atom is -0.478 e. The maximum Gasteiger partial charge on any atom is 0.352 e. The molecule has 12 nitrogen and oxygen atoms in total. The molecule has 12 heteroatoms. The van der Waals surface area contributed by atoms with Crippen LogP contribution >= 0.6 is 0 Å². The molecular formula is C15H21NO11. The van der Waals surface area contributed by atoms with Crippen LogP contribution in [0.4, 0.5) is 0 Å². The molecule has 0 spiro atoms. The minimum absolute atomic E-state index is 0.719. The molecule has 152 valence electrons. The highest BCUT2D eigenvalue weighted by Gasteiger charge is 2.54. The largest absolute Gasteiger partial charge is 0.478 e. The van der Waals surface area contributed by atoms with Gasteiger partial charge in [0.15, 0.2) is 12.2 Å². The SMILES string of the molecule is [2H]CC(=O)OCC(=NO)[C@@H](OC(=O)C[2H])[C@H](OC(=O)C[2H])[C@@](C)(OC(=O)C[2H])C(=O)O. The molecule has 0 rings (SSSR count). The van der Waals surface area contributed by atoms with Crippen LogP contribution in [0.1, 0.15) is 40.0 Å². The van der Waals surface area contributed by atoms with Gasteiger partial charge in [0, 0.05) is 33.1 Å². The van der Waals surface area contributed by atoms with Gasteiger partial charge in [-0.3, -0.25) is 19.2 Å². The summed E-state index contributed by atoms with van der Waals surface area (Å²) in [6.07, 6.45) is -4.47. The molecule has 0 aromatic rings. The van der Waals surface area contributed by atoms with E-state index >= 15 is 0 Å². The summed E-state index contributed by atoms with van der Waals surface area (Å²) in [7, 11) is 0. The van der Waals surface area contributed by atoms with Crippen molar-refractivity contribution in [3.8, 4) is 0 Å². The van der Waals surface area contributed by atoms with E-state index in [2.05, 4.69) is 9.89 Å². The fourth-order valence-corrected chi connectivity index (χ4v) is 1.83. The van der Waals surface area contributed by atoms with Crippen LogP contribution in [-0.2, 0) is 42.9 Å². The molecule has 27 heavy (non-hydrogen) atoms. The number of rotatable bonds is 9. The summed E-state index contributed by atoms with van der Waals surface area (Å²) in [5.41, 5.74) is -3.65. The Bertz CT molecular complexity index is 717. The fraction of sp³-hybridized carbons (Fsp3) is 0.600. The topological polar surface area (TPSA) is 175 Å². The summed E-state index contributed by atoms with van der Waals surface area (Å²) in [6.45, 7) is -4.20. The van der Waals surface area contributed by atoms with Crippen LogP contribution < -0.4 is 0 Å². The predicted octanol–water partition coefficient (Wildman–Crippen LogP) is -0.351. The summed E-state index contributed by atoms with van der Waals surface area (Å²) < 4.78 is 47.0. The normalized spacial score (nSPS) is 17.4. The lowest BCUT2D eigenvalue weighted by molar-refractivity contribution is -0.205. The molecule has 0 aromatic carbocycles. The Hall–Kier alpha value is -3.18. The summed E-state index contributed by atoms with van der Waals surface area (Å²) in [5.74, 6) is -7.14. The highest BCUT2D eigenvalue weighted by Crippen LogP contribution is 2.26. The number of ether oxygens (including phenoxy) is 4. The van der Waals surface area contributed by atoms with Crippen LogP contribution in [0.15, 0.2) is 5.16 Å². The maximum absolute atomic E-state index is 11.9. The molecule has 0 saturated carbocycles. The van der Waals surface area contributed by atoms with Crippen LogP contribution in [0.3, 0.4) is 0 Å². The van der Waals surface area contributed by atoms with E-state index in [1.807, 2.05) is 0 Å². The molecule has 0 unspecified atom stereocenters. The van der Waals surface area contributed by atoms with Crippen LogP contribution in [0.5, 0.6) is 0 Å². The van der Waals surface area contributed by atoms with Crippen molar-refractivity contribution in [2.24, 2.45) is 5.16 Å². The monoisotopic (exact) mass is 395 g/mol. The Morgan fingerprint density at radius 2 is 1.56 bits per heavy atom. The predicted molar refractivity (Wildman–Crippen MR) is 84.8 cm³/mol. The van der Waals surface area contributed by atoms with Gasteiger partial charge in [0.1, 0.15) is 12.3 Å². The van der Waals surface area contributed by atoms with Gasteiger partial charge in [0.05, 0.1) is 0 Å². The lowest BCUT2D eigenvalue weighted by Gasteiger charge is -2.36. The van der Waals surface area contributed by atoms with E-state index in [1.165, 1.54) is 0 Å². The van der Waals surface area contributed by atoms with Crippen LogP contribution in [-0.4, -0.2) is 70.3 Å².